The molecule has 0 aromatic heterocycles. The highest BCUT2D eigenvalue weighted by molar-refractivity contribution is 6.17. The Morgan fingerprint density at radius 3 is 2.33 bits per heavy atom. The second kappa shape index (κ2) is 5.77. The molecule has 0 aliphatic heterocycles. The molecule has 2 unspecified atom stereocenters. The summed E-state index contributed by atoms with van der Waals surface area (Å²) in [5.74, 6) is -0.553. The predicted octanol–water partition coefficient (Wildman–Crippen LogP) is 2.43. The van der Waals surface area contributed by atoms with Crippen molar-refractivity contribution in [1.29, 1.82) is 0 Å². The van der Waals surface area contributed by atoms with Crippen molar-refractivity contribution in [3.8, 4) is 5.75 Å². The van der Waals surface area contributed by atoms with E-state index in [1.54, 1.807) is 0 Å². The fraction of sp³-hybridized carbons (Fsp3) is 0.455. The van der Waals surface area contributed by atoms with Crippen molar-refractivity contribution >= 4 is 11.6 Å². The second-order valence-corrected chi connectivity index (χ2v) is 4.14. The van der Waals surface area contributed by atoms with Crippen LogP contribution < -0.4 is 0 Å². The van der Waals surface area contributed by atoms with Crippen LogP contribution in [0.4, 0.5) is 13.2 Å². The molecule has 0 spiro atoms. The zero-order chi connectivity index (χ0) is 13.9. The summed E-state index contributed by atoms with van der Waals surface area (Å²) >= 11 is 5.35. The van der Waals surface area contributed by atoms with E-state index in [0.717, 1.165) is 12.1 Å². The van der Waals surface area contributed by atoms with E-state index >= 15 is 0 Å². The van der Waals surface area contributed by atoms with Gasteiger partial charge >= 0.3 is 6.18 Å². The first-order valence-corrected chi connectivity index (χ1v) is 5.63. The number of aliphatic hydroxyl groups is 2. The lowest BCUT2D eigenvalue weighted by atomic mass is 9.97. The van der Waals surface area contributed by atoms with Crippen molar-refractivity contribution in [3.05, 3.63) is 29.3 Å². The van der Waals surface area contributed by atoms with Crippen LogP contribution >= 0.6 is 11.6 Å². The molecule has 1 rings (SSSR count). The summed E-state index contributed by atoms with van der Waals surface area (Å²) in [6.07, 6.45) is -7.87. The van der Waals surface area contributed by atoms with E-state index in [1.165, 1.54) is 0 Å². The molecule has 0 saturated heterocycles. The van der Waals surface area contributed by atoms with Crippen LogP contribution in [0.25, 0.3) is 0 Å². The number of aliphatic hydroxyl groups excluding tert-OH is 2. The number of phenolic OH excluding ortho intramolecular Hbond substituents is 1. The number of rotatable bonds is 4. The first-order valence-electron chi connectivity index (χ1n) is 5.09. The zero-order valence-electron chi connectivity index (χ0n) is 9.15. The van der Waals surface area contributed by atoms with Gasteiger partial charge in [0.05, 0.1) is 11.7 Å². The summed E-state index contributed by atoms with van der Waals surface area (Å²) in [5.41, 5.74) is -1.67. The van der Waals surface area contributed by atoms with Crippen LogP contribution in [0.15, 0.2) is 18.2 Å². The third-order valence-electron chi connectivity index (χ3n) is 2.43. The van der Waals surface area contributed by atoms with Crippen molar-refractivity contribution in [2.24, 2.45) is 0 Å². The Bertz CT molecular complexity index is 409. The molecule has 0 aliphatic rings. The second-order valence-electron chi connectivity index (χ2n) is 3.76. The van der Waals surface area contributed by atoms with Gasteiger partial charge in [0.1, 0.15) is 11.9 Å². The normalized spacial score (nSPS) is 15.4. The third kappa shape index (κ3) is 3.51. The fourth-order valence-electron chi connectivity index (χ4n) is 1.52. The molecule has 1 aromatic rings. The molecular weight excluding hydrogens is 273 g/mol. The van der Waals surface area contributed by atoms with E-state index in [-0.39, 0.29) is 12.3 Å². The summed E-state index contributed by atoms with van der Waals surface area (Å²) in [7, 11) is 0. The van der Waals surface area contributed by atoms with E-state index in [0.29, 0.717) is 6.07 Å². The number of hydrogen-bond donors (Lipinski definition) is 3. The molecule has 3 nitrogen and oxygen atoms in total. The van der Waals surface area contributed by atoms with Crippen molar-refractivity contribution in [3.63, 3.8) is 0 Å². The van der Waals surface area contributed by atoms with Gasteiger partial charge in [0.15, 0.2) is 0 Å². The number of alkyl halides is 4. The van der Waals surface area contributed by atoms with E-state index in [2.05, 4.69) is 0 Å². The molecule has 0 radical (unpaired) electrons. The average molecular weight is 285 g/mol. The van der Waals surface area contributed by atoms with Crippen LogP contribution in [0.3, 0.4) is 0 Å². The molecule has 0 fully saturated rings. The molecule has 3 N–H and O–H groups in total. The van der Waals surface area contributed by atoms with Crippen LogP contribution in [-0.4, -0.2) is 27.3 Å². The molecule has 2 atom stereocenters. The van der Waals surface area contributed by atoms with Crippen LogP contribution in [-0.2, 0) is 6.18 Å². The van der Waals surface area contributed by atoms with Crippen LogP contribution in [0.1, 0.15) is 23.7 Å². The number of phenols is 1. The molecule has 102 valence electrons. The highest BCUT2D eigenvalue weighted by Gasteiger charge is 2.36. The Hall–Kier alpha value is -0.980. The predicted molar refractivity (Wildman–Crippen MR) is 59.4 cm³/mol. The summed E-state index contributed by atoms with van der Waals surface area (Å²) in [5, 5.41) is 28.2. The Labute approximate surface area is 106 Å². The maximum Gasteiger partial charge on any atom is 0.416 e. The number of hydrogen-bond acceptors (Lipinski definition) is 3. The molecule has 7 heteroatoms. The molecule has 18 heavy (non-hydrogen) atoms. The highest BCUT2D eigenvalue weighted by Crippen LogP contribution is 2.37. The molecule has 0 aliphatic carbocycles. The van der Waals surface area contributed by atoms with E-state index in [1.807, 2.05) is 0 Å². The number of aromatic hydroxyl groups is 1. The highest BCUT2D eigenvalue weighted by atomic mass is 35.5. The lowest BCUT2D eigenvalue weighted by molar-refractivity contribution is -0.140. The minimum absolute atomic E-state index is 0.0116. The molecule has 0 amide bonds. The SMILES string of the molecule is Oc1ccc(C(O)C(O)CCCl)c(C(F)(F)F)c1. The first kappa shape index (κ1) is 15.1. The van der Waals surface area contributed by atoms with Gasteiger partial charge in [-0.3, -0.25) is 0 Å². The van der Waals surface area contributed by atoms with Gasteiger partial charge < -0.3 is 15.3 Å². The van der Waals surface area contributed by atoms with E-state index < -0.39 is 35.3 Å². The first-order chi connectivity index (χ1) is 8.27. The smallest absolute Gasteiger partial charge is 0.416 e. The third-order valence-corrected chi connectivity index (χ3v) is 2.65. The van der Waals surface area contributed by atoms with Gasteiger partial charge in [-0.2, -0.15) is 13.2 Å². The van der Waals surface area contributed by atoms with Crippen molar-refractivity contribution in [2.75, 3.05) is 5.88 Å². The topological polar surface area (TPSA) is 60.7 Å². The summed E-state index contributed by atoms with van der Waals surface area (Å²) in [6.45, 7) is 0. The van der Waals surface area contributed by atoms with Gasteiger partial charge in [-0.25, -0.2) is 0 Å². The van der Waals surface area contributed by atoms with Gasteiger partial charge in [0.25, 0.3) is 0 Å². The fourth-order valence-corrected chi connectivity index (χ4v) is 1.75. The quantitative estimate of drug-likeness (QED) is 0.744. The average Bonchev–Trinajstić information content (AvgIpc) is 2.27. The van der Waals surface area contributed by atoms with Gasteiger partial charge in [0.2, 0.25) is 0 Å². The molecule has 0 heterocycles. The van der Waals surface area contributed by atoms with Crippen LogP contribution in [0, 0.1) is 0 Å². The zero-order valence-corrected chi connectivity index (χ0v) is 9.91. The van der Waals surface area contributed by atoms with Crippen LogP contribution in [0.2, 0.25) is 0 Å². The van der Waals surface area contributed by atoms with Gasteiger partial charge in [-0.15, -0.1) is 11.6 Å². The van der Waals surface area contributed by atoms with Crippen molar-refractivity contribution < 1.29 is 28.5 Å². The number of halogens is 4. The van der Waals surface area contributed by atoms with E-state index in [9.17, 15) is 23.4 Å². The Morgan fingerprint density at radius 1 is 1.22 bits per heavy atom. The largest absolute Gasteiger partial charge is 0.508 e. The summed E-state index contributed by atoms with van der Waals surface area (Å²) in [6, 6.07) is 2.45. The lowest BCUT2D eigenvalue weighted by Crippen LogP contribution is -2.22. The van der Waals surface area contributed by atoms with E-state index in [4.69, 9.17) is 16.7 Å². The summed E-state index contributed by atoms with van der Waals surface area (Å²) in [4.78, 5) is 0. The monoisotopic (exact) mass is 284 g/mol. The molecule has 0 bridgehead atoms. The minimum Gasteiger partial charge on any atom is -0.508 e. The number of benzene rings is 1. The Balaban J connectivity index is 3.15. The molecular formula is C11H12ClF3O3. The minimum atomic E-state index is -4.73. The molecule has 1 aromatic carbocycles. The van der Waals surface area contributed by atoms with Gasteiger partial charge in [-0.1, -0.05) is 6.07 Å². The van der Waals surface area contributed by atoms with Crippen LogP contribution in [0.5, 0.6) is 5.75 Å². The maximum absolute atomic E-state index is 12.7. The van der Waals surface area contributed by atoms with Crippen molar-refractivity contribution in [2.45, 2.75) is 24.8 Å². The molecule has 0 saturated carbocycles. The van der Waals surface area contributed by atoms with Gasteiger partial charge in [0, 0.05) is 5.88 Å². The summed E-state index contributed by atoms with van der Waals surface area (Å²) < 4.78 is 38.1. The van der Waals surface area contributed by atoms with Crippen molar-refractivity contribution in [1.82, 2.24) is 0 Å². The standard InChI is InChI=1S/C11H12ClF3O3/c12-4-3-9(17)10(18)7-2-1-6(16)5-8(7)11(13,14)15/h1-2,5,9-10,16-18H,3-4H2. The Kier molecular flexibility index (Phi) is 4.84. The lowest BCUT2D eigenvalue weighted by Gasteiger charge is -2.21. The Morgan fingerprint density at radius 2 is 1.83 bits per heavy atom. The maximum atomic E-state index is 12.7. The van der Waals surface area contributed by atoms with Gasteiger partial charge in [-0.05, 0) is 24.1 Å².